The third kappa shape index (κ3) is 3.20. The van der Waals surface area contributed by atoms with Gasteiger partial charge < -0.3 is 15.8 Å². The van der Waals surface area contributed by atoms with E-state index in [2.05, 4.69) is 5.32 Å². The molecule has 0 aromatic heterocycles. The quantitative estimate of drug-likeness (QED) is 0.584. The zero-order chi connectivity index (χ0) is 12.8. The van der Waals surface area contributed by atoms with E-state index in [1.165, 1.54) is 0 Å². The molecule has 0 spiro atoms. The lowest BCUT2D eigenvalue weighted by Gasteiger charge is -2.15. The normalized spacial score (nSPS) is 12.2. The van der Waals surface area contributed by atoms with Gasteiger partial charge in [-0.15, -0.1) is 0 Å². The van der Waals surface area contributed by atoms with Gasteiger partial charge in [-0.1, -0.05) is 13.8 Å². The van der Waals surface area contributed by atoms with Gasteiger partial charge in [-0.05, 0) is 31.2 Å². The topological polar surface area (TPSA) is 64.3 Å². The minimum absolute atomic E-state index is 0.0729. The van der Waals surface area contributed by atoms with E-state index in [1.54, 1.807) is 25.3 Å². The molecular weight excluding hydrogens is 216 g/mol. The SMILES string of the molecule is CCNC(CC)C(=O)c1ccc(OC)c(N)c1. The summed E-state index contributed by atoms with van der Waals surface area (Å²) >= 11 is 0. The van der Waals surface area contributed by atoms with Gasteiger partial charge in [-0.25, -0.2) is 0 Å². The Balaban J connectivity index is 2.92. The van der Waals surface area contributed by atoms with Crippen LogP contribution in [-0.2, 0) is 0 Å². The van der Waals surface area contributed by atoms with Gasteiger partial charge in [0.1, 0.15) is 5.75 Å². The maximum absolute atomic E-state index is 12.2. The Hall–Kier alpha value is -1.55. The van der Waals surface area contributed by atoms with Gasteiger partial charge in [-0.3, -0.25) is 4.79 Å². The largest absolute Gasteiger partial charge is 0.495 e. The minimum atomic E-state index is -0.146. The zero-order valence-electron chi connectivity index (χ0n) is 10.6. The highest BCUT2D eigenvalue weighted by molar-refractivity contribution is 6.01. The van der Waals surface area contributed by atoms with Crippen LogP contribution < -0.4 is 15.8 Å². The summed E-state index contributed by atoms with van der Waals surface area (Å²) in [5.41, 5.74) is 6.90. The first kappa shape index (κ1) is 13.5. The molecule has 1 unspecified atom stereocenters. The van der Waals surface area contributed by atoms with E-state index in [1.807, 2.05) is 13.8 Å². The molecule has 94 valence electrons. The third-order valence-corrected chi connectivity index (χ3v) is 2.69. The second kappa shape index (κ2) is 6.25. The van der Waals surface area contributed by atoms with Crippen molar-refractivity contribution in [3.8, 4) is 5.75 Å². The Morgan fingerprint density at radius 2 is 2.18 bits per heavy atom. The van der Waals surface area contributed by atoms with Gasteiger partial charge in [0.2, 0.25) is 0 Å². The van der Waals surface area contributed by atoms with Crippen molar-refractivity contribution in [2.75, 3.05) is 19.4 Å². The standard InChI is InChI=1S/C13H20N2O2/c1-4-11(15-5-2)13(16)9-6-7-12(17-3)10(14)8-9/h6-8,11,15H,4-5,14H2,1-3H3. The number of nitrogen functional groups attached to an aromatic ring is 1. The number of Topliss-reactive ketones (excluding diaryl/α,β-unsaturated/α-hetero) is 1. The van der Waals surface area contributed by atoms with Crippen molar-refractivity contribution in [1.29, 1.82) is 0 Å². The summed E-state index contributed by atoms with van der Waals surface area (Å²) in [6.45, 7) is 4.74. The molecule has 17 heavy (non-hydrogen) atoms. The molecule has 4 nitrogen and oxygen atoms in total. The van der Waals surface area contributed by atoms with Crippen LogP contribution in [0.1, 0.15) is 30.6 Å². The first-order valence-electron chi connectivity index (χ1n) is 5.85. The van der Waals surface area contributed by atoms with Crippen LogP contribution in [0.2, 0.25) is 0 Å². The van der Waals surface area contributed by atoms with Gasteiger partial charge in [0.15, 0.2) is 5.78 Å². The molecule has 0 heterocycles. The summed E-state index contributed by atoms with van der Waals surface area (Å²) in [6, 6.07) is 4.99. The molecule has 0 saturated heterocycles. The van der Waals surface area contributed by atoms with Crippen LogP contribution in [0.3, 0.4) is 0 Å². The fourth-order valence-electron chi connectivity index (χ4n) is 1.76. The minimum Gasteiger partial charge on any atom is -0.495 e. The molecule has 1 rings (SSSR count). The van der Waals surface area contributed by atoms with Crippen molar-refractivity contribution in [3.05, 3.63) is 23.8 Å². The zero-order valence-corrected chi connectivity index (χ0v) is 10.6. The Labute approximate surface area is 102 Å². The molecule has 1 atom stereocenters. The number of anilines is 1. The van der Waals surface area contributed by atoms with Gasteiger partial charge in [0, 0.05) is 5.56 Å². The molecule has 3 N–H and O–H groups in total. The molecule has 0 radical (unpaired) electrons. The number of carbonyl (C=O) groups is 1. The predicted octanol–water partition coefficient (Wildman–Crippen LogP) is 1.85. The monoisotopic (exact) mass is 236 g/mol. The fraction of sp³-hybridized carbons (Fsp3) is 0.462. The highest BCUT2D eigenvalue weighted by Gasteiger charge is 2.17. The van der Waals surface area contributed by atoms with Gasteiger partial charge in [-0.2, -0.15) is 0 Å². The van der Waals surface area contributed by atoms with Crippen molar-refractivity contribution in [2.45, 2.75) is 26.3 Å². The molecule has 0 saturated carbocycles. The third-order valence-electron chi connectivity index (χ3n) is 2.69. The van der Waals surface area contributed by atoms with E-state index in [9.17, 15) is 4.79 Å². The van der Waals surface area contributed by atoms with Crippen molar-refractivity contribution in [2.24, 2.45) is 0 Å². The van der Waals surface area contributed by atoms with Crippen LogP contribution in [0.5, 0.6) is 5.75 Å². The first-order chi connectivity index (χ1) is 8.13. The summed E-state index contributed by atoms with van der Waals surface area (Å²) in [5.74, 6) is 0.668. The van der Waals surface area contributed by atoms with Crippen molar-refractivity contribution >= 4 is 11.5 Å². The van der Waals surface area contributed by atoms with E-state index >= 15 is 0 Å². The summed E-state index contributed by atoms with van der Waals surface area (Å²) in [5, 5.41) is 3.16. The molecule has 0 bridgehead atoms. The lowest BCUT2D eigenvalue weighted by atomic mass is 10.0. The number of likely N-dealkylation sites (N-methyl/N-ethyl adjacent to an activating group) is 1. The van der Waals surface area contributed by atoms with Crippen molar-refractivity contribution in [3.63, 3.8) is 0 Å². The average molecular weight is 236 g/mol. The molecule has 1 aromatic rings. The summed E-state index contributed by atoms with van der Waals surface area (Å²) in [6.07, 6.45) is 0.763. The average Bonchev–Trinajstić information content (AvgIpc) is 2.35. The second-order valence-corrected chi connectivity index (χ2v) is 3.84. The molecule has 0 aliphatic rings. The highest BCUT2D eigenvalue weighted by atomic mass is 16.5. The van der Waals surface area contributed by atoms with Gasteiger partial charge in [0.05, 0.1) is 18.8 Å². The van der Waals surface area contributed by atoms with Crippen molar-refractivity contribution < 1.29 is 9.53 Å². The molecule has 4 heteroatoms. The van der Waals surface area contributed by atoms with Crippen molar-refractivity contribution in [1.82, 2.24) is 5.32 Å². The number of methoxy groups -OCH3 is 1. The number of rotatable bonds is 6. The van der Waals surface area contributed by atoms with E-state index < -0.39 is 0 Å². The Morgan fingerprint density at radius 3 is 2.65 bits per heavy atom. The predicted molar refractivity (Wildman–Crippen MR) is 69.5 cm³/mol. The van der Waals surface area contributed by atoms with Crippen LogP contribution in [0.4, 0.5) is 5.69 Å². The van der Waals surface area contributed by atoms with E-state index in [0.717, 1.165) is 13.0 Å². The van der Waals surface area contributed by atoms with Crippen LogP contribution in [0, 0.1) is 0 Å². The van der Waals surface area contributed by atoms with Crippen LogP contribution >= 0.6 is 0 Å². The molecule has 1 aromatic carbocycles. The van der Waals surface area contributed by atoms with E-state index in [4.69, 9.17) is 10.5 Å². The number of hydrogen-bond acceptors (Lipinski definition) is 4. The Kier molecular flexibility index (Phi) is 4.97. The Bertz CT molecular complexity index is 391. The number of hydrogen-bond donors (Lipinski definition) is 2. The van der Waals surface area contributed by atoms with Gasteiger partial charge in [0.25, 0.3) is 0 Å². The van der Waals surface area contributed by atoms with Gasteiger partial charge >= 0.3 is 0 Å². The molecular formula is C13H20N2O2. The number of ketones is 1. The number of carbonyl (C=O) groups excluding carboxylic acids is 1. The number of nitrogens with one attached hydrogen (secondary N) is 1. The lowest BCUT2D eigenvalue weighted by molar-refractivity contribution is 0.0941. The maximum Gasteiger partial charge on any atom is 0.179 e. The van der Waals surface area contributed by atoms with E-state index in [-0.39, 0.29) is 11.8 Å². The molecule has 0 aliphatic carbocycles. The van der Waals surface area contributed by atoms with Crippen LogP contribution in [-0.4, -0.2) is 25.5 Å². The van der Waals surface area contributed by atoms with Crippen LogP contribution in [0.25, 0.3) is 0 Å². The second-order valence-electron chi connectivity index (χ2n) is 3.84. The van der Waals surface area contributed by atoms with E-state index in [0.29, 0.717) is 17.0 Å². The lowest BCUT2D eigenvalue weighted by Crippen LogP contribution is -2.36. The highest BCUT2D eigenvalue weighted by Crippen LogP contribution is 2.22. The summed E-state index contributed by atoms with van der Waals surface area (Å²) < 4.78 is 5.06. The number of benzene rings is 1. The fourth-order valence-corrected chi connectivity index (χ4v) is 1.76. The number of ether oxygens (including phenoxy) is 1. The summed E-state index contributed by atoms with van der Waals surface area (Å²) in [4.78, 5) is 12.2. The Morgan fingerprint density at radius 1 is 1.47 bits per heavy atom. The first-order valence-corrected chi connectivity index (χ1v) is 5.85. The number of nitrogens with two attached hydrogens (primary N) is 1. The molecule has 0 amide bonds. The molecule has 0 fully saturated rings. The maximum atomic E-state index is 12.2. The van der Waals surface area contributed by atoms with Crippen LogP contribution in [0.15, 0.2) is 18.2 Å². The smallest absolute Gasteiger partial charge is 0.179 e. The summed E-state index contributed by atoms with van der Waals surface area (Å²) in [7, 11) is 1.56. The molecule has 0 aliphatic heterocycles.